The van der Waals surface area contributed by atoms with E-state index in [1.165, 1.54) is 32.1 Å². The quantitative estimate of drug-likeness (QED) is 0.653. The highest BCUT2D eigenvalue weighted by atomic mass is 16.5. The van der Waals surface area contributed by atoms with Crippen molar-refractivity contribution in [3.63, 3.8) is 0 Å². The zero-order valence-electron chi connectivity index (χ0n) is 12.3. The van der Waals surface area contributed by atoms with Crippen LogP contribution < -0.4 is 10.6 Å². The number of carbonyl (C=O) groups is 1. The van der Waals surface area contributed by atoms with Gasteiger partial charge in [-0.1, -0.05) is 25.7 Å². The SMILES string of the molecule is O=C(NCCCO)N[C@H]1CCCC[C@@H]1OC1CCCC1. The van der Waals surface area contributed by atoms with Crippen molar-refractivity contribution in [3.8, 4) is 0 Å². The molecule has 0 aliphatic heterocycles. The number of aliphatic hydroxyl groups excluding tert-OH is 1. The van der Waals surface area contributed by atoms with E-state index < -0.39 is 0 Å². The van der Waals surface area contributed by atoms with Gasteiger partial charge in [-0.2, -0.15) is 0 Å². The van der Waals surface area contributed by atoms with E-state index >= 15 is 0 Å². The van der Waals surface area contributed by atoms with Gasteiger partial charge in [-0.15, -0.1) is 0 Å². The molecule has 2 aliphatic rings. The van der Waals surface area contributed by atoms with Crippen molar-refractivity contribution in [1.82, 2.24) is 10.6 Å². The maximum Gasteiger partial charge on any atom is 0.315 e. The van der Waals surface area contributed by atoms with Crippen molar-refractivity contribution in [1.29, 1.82) is 0 Å². The molecule has 2 fully saturated rings. The Morgan fingerprint density at radius 2 is 1.80 bits per heavy atom. The van der Waals surface area contributed by atoms with E-state index in [0.29, 0.717) is 19.1 Å². The van der Waals surface area contributed by atoms with Crippen molar-refractivity contribution in [3.05, 3.63) is 0 Å². The van der Waals surface area contributed by atoms with Crippen molar-refractivity contribution in [2.75, 3.05) is 13.2 Å². The average Bonchev–Trinajstić information content (AvgIpc) is 2.94. The summed E-state index contributed by atoms with van der Waals surface area (Å²) in [6.45, 7) is 0.625. The van der Waals surface area contributed by atoms with Gasteiger partial charge in [0.05, 0.1) is 18.2 Å². The van der Waals surface area contributed by atoms with Gasteiger partial charge in [0.15, 0.2) is 0 Å². The van der Waals surface area contributed by atoms with Gasteiger partial charge in [-0.3, -0.25) is 0 Å². The minimum atomic E-state index is -0.134. The summed E-state index contributed by atoms with van der Waals surface area (Å²) in [7, 11) is 0. The summed E-state index contributed by atoms with van der Waals surface area (Å²) in [6.07, 6.45) is 10.5. The molecule has 0 saturated heterocycles. The average molecular weight is 284 g/mol. The summed E-state index contributed by atoms with van der Waals surface area (Å²) in [5.41, 5.74) is 0. The molecule has 2 saturated carbocycles. The smallest absolute Gasteiger partial charge is 0.315 e. The highest BCUT2D eigenvalue weighted by Crippen LogP contribution is 2.28. The van der Waals surface area contributed by atoms with Gasteiger partial charge in [0, 0.05) is 13.2 Å². The lowest BCUT2D eigenvalue weighted by atomic mass is 9.92. The third kappa shape index (κ3) is 4.94. The molecule has 0 aromatic heterocycles. The Bertz CT molecular complexity index is 293. The lowest BCUT2D eigenvalue weighted by molar-refractivity contribution is -0.0410. The number of ether oxygens (including phenoxy) is 1. The molecule has 2 atom stereocenters. The Hall–Kier alpha value is -0.810. The molecular weight excluding hydrogens is 256 g/mol. The van der Waals surface area contributed by atoms with Crippen LogP contribution in [0, 0.1) is 0 Å². The third-order valence-corrected chi connectivity index (χ3v) is 4.31. The molecule has 0 unspecified atom stereocenters. The van der Waals surface area contributed by atoms with Crippen molar-refractivity contribution >= 4 is 6.03 Å². The molecule has 2 aliphatic carbocycles. The van der Waals surface area contributed by atoms with E-state index in [-0.39, 0.29) is 24.8 Å². The fourth-order valence-electron chi connectivity index (χ4n) is 3.20. The van der Waals surface area contributed by atoms with Crippen molar-refractivity contribution in [2.45, 2.75) is 76.0 Å². The van der Waals surface area contributed by atoms with Gasteiger partial charge < -0.3 is 20.5 Å². The summed E-state index contributed by atoms with van der Waals surface area (Å²) in [6, 6.07) is 0.00356. The highest BCUT2D eigenvalue weighted by Gasteiger charge is 2.30. The Labute approximate surface area is 121 Å². The predicted molar refractivity (Wildman–Crippen MR) is 77.6 cm³/mol. The van der Waals surface area contributed by atoms with Crippen LogP contribution >= 0.6 is 0 Å². The molecule has 0 spiro atoms. The molecule has 0 heterocycles. The number of hydrogen-bond donors (Lipinski definition) is 3. The molecule has 20 heavy (non-hydrogen) atoms. The maximum atomic E-state index is 11.8. The first-order valence-electron chi connectivity index (χ1n) is 8.10. The summed E-state index contributed by atoms with van der Waals surface area (Å²) in [4.78, 5) is 11.8. The molecule has 5 heteroatoms. The van der Waals surface area contributed by atoms with Crippen molar-refractivity contribution < 1.29 is 14.6 Å². The zero-order chi connectivity index (χ0) is 14.2. The number of rotatable bonds is 6. The largest absolute Gasteiger partial charge is 0.396 e. The predicted octanol–water partition coefficient (Wildman–Crippen LogP) is 1.94. The first-order valence-corrected chi connectivity index (χ1v) is 8.10. The van der Waals surface area contributed by atoms with Crippen LogP contribution in [0.15, 0.2) is 0 Å². The minimum absolute atomic E-state index is 0.108. The second-order valence-electron chi connectivity index (χ2n) is 5.95. The highest BCUT2D eigenvalue weighted by molar-refractivity contribution is 5.74. The van der Waals surface area contributed by atoms with Crippen molar-refractivity contribution in [2.24, 2.45) is 0 Å². The fourth-order valence-corrected chi connectivity index (χ4v) is 3.20. The van der Waals surface area contributed by atoms with Crippen LogP contribution in [0.4, 0.5) is 4.79 Å². The second kappa shape index (κ2) is 8.47. The Kier molecular flexibility index (Phi) is 6.60. The number of hydrogen-bond acceptors (Lipinski definition) is 3. The number of carbonyl (C=O) groups excluding carboxylic acids is 1. The number of urea groups is 1. The Morgan fingerprint density at radius 1 is 1.10 bits per heavy atom. The van der Waals surface area contributed by atoms with Gasteiger partial charge in [0.25, 0.3) is 0 Å². The normalized spacial score (nSPS) is 27.4. The summed E-state index contributed by atoms with van der Waals surface area (Å²) in [5.74, 6) is 0. The molecule has 3 N–H and O–H groups in total. The third-order valence-electron chi connectivity index (χ3n) is 4.31. The molecule has 2 amide bonds. The summed E-state index contributed by atoms with van der Waals surface area (Å²) >= 11 is 0. The van der Waals surface area contributed by atoms with Crippen LogP contribution in [0.5, 0.6) is 0 Å². The maximum absolute atomic E-state index is 11.8. The molecule has 5 nitrogen and oxygen atoms in total. The molecule has 2 rings (SSSR count). The first-order chi connectivity index (χ1) is 9.79. The summed E-state index contributed by atoms with van der Waals surface area (Å²) < 4.78 is 6.21. The van der Waals surface area contributed by atoms with E-state index in [1.54, 1.807) is 0 Å². The Balaban J connectivity index is 1.75. The topological polar surface area (TPSA) is 70.6 Å². The molecule has 0 bridgehead atoms. The van der Waals surface area contributed by atoms with E-state index in [9.17, 15) is 4.79 Å². The van der Waals surface area contributed by atoms with E-state index in [1.807, 2.05) is 0 Å². The monoisotopic (exact) mass is 284 g/mol. The standard InChI is InChI=1S/C15H28N2O3/c18-11-5-10-16-15(19)17-13-8-3-4-9-14(13)20-12-6-1-2-7-12/h12-14,18H,1-11H2,(H2,16,17,19)/t13-,14-/m0/s1. The van der Waals surface area contributed by atoms with Gasteiger partial charge in [-0.05, 0) is 32.1 Å². The molecule has 0 radical (unpaired) electrons. The van der Waals surface area contributed by atoms with Crippen LogP contribution in [0.25, 0.3) is 0 Å². The van der Waals surface area contributed by atoms with Gasteiger partial charge in [0.1, 0.15) is 0 Å². The van der Waals surface area contributed by atoms with E-state index in [2.05, 4.69) is 10.6 Å². The molecule has 0 aromatic rings. The minimum Gasteiger partial charge on any atom is -0.396 e. The van der Waals surface area contributed by atoms with Crippen LogP contribution in [0.2, 0.25) is 0 Å². The van der Waals surface area contributed by atoms with E-state index in [4.69, 9.17) is 9.84 Å². The zero-order valence-corrected chi connectivity index (χ0v) is 12.3. The molecular formula is C15H28N2O3. The molecule has 116 valence electrons. The fraction of sp³-hybridized carbons (Fsp3) is 0.933. The second-order valence-corrected chi connectivity index (χ2v) is 5.95. The number of amides is 2. The van der Waals surface area contributed by atoms with Gasteiger partial charge >= 0.3 is 6.03 Å². The first kappa shape index (κ1) is 15.6. The number of aliphatic hydroxyl groups is 1. The van der Waals surface area contributed by atoms with Crippen LogP contribution in [-0.2, 0) is 4.74 Å². The lowest BCUT2D eigenvalue weighted by Crippen LogP contribution is -2.50. The van der Waals surface area contributed by atoms with Gasteiger partial charge in [0.2, 0.25) is 0 Å². The van der Waals surface area contributed by atoms with Crippen LogP contribution in [0.3, 0.4) is 0 Å². The van der Waals surface area contributed by atoms with Crippen LogP contribution in [0.1, 0.15) is 57.8 Å². The summed E-state index contributed by atoms with van der Waals surface area (Å²) in [5, 5.41) is 14.5. The Morgan fingerprint density at radius 3 is 2.55 bits per heavy atom. The van der Waals surface area contributed by atoms with Crippen LogP contribution in [-0.4, -0.2) is 42.5 Å². The molecule has 0 aromatic carbocycles. The lowest BCUT2D eigenvalue weighted by Gasteiger charge is -2.34. The van der Waals surface area contributed by atoms with E-state index in [0.717, 1.165) is 19.3 Å². The number of nitrogens with one attached hydrogen (secondary N) is 2. The van der Waals surface area contributed by atoms with Gasteiger partial charge in [-0.25, -0.2) is 4.79 Å².